The fourth-order valence-corrected chi connectivity index (χ4v) is 2.65. The van der Waals surface area contributed by atoms with Crippen LogP contribution in [0.4, 0.5) is 0 Å². The second kappa shape index (κ2) is 5.90. The van der Waals surface area contributed by atoms with Crippen molar-refractivity contribution in [2.45, 2.75) is 46.5 Å². The van der Waals surface area contributed by atoms with Crippen LogP contribution in [0.15, 0.2) is 30.5 Å². The Bertz CT molecular complexity index is 481. The monoisotopic (exact) mass is 240 g/mol. The van der Waals surface area contributed by atoms with E-state index in [9.17, 15) is 0 Å². The zero-order valence-corrected chi connectivity index (χ0v) is 11.7. The summed E-state index contributed by atoms with van der Waals surface area (Å²) in [6.45, 7) is 6.74. The first-order chi connectivity index (χ1) is 8.77. The highest BCUT2D eigenvalue weighted by Crippen LogP contribution is 2.27. The van der Waals surface area contributed by atoms with Crippen molar-refractivity contribution in [3.8, 4) is 0 Å². The third-order valence-corrected chi connectivity index (χ3v) is 3.54. The van der Waals surface area contributed by atoms with Crippen LogP contribution in [-0.4, -0.2) is 0 Å². The van der Waals surface area contributed by atoms with Gasteiger partial charge < -0.3 is 0 Å². The number of hydrogen-bond acceptors (Lipinski definition) is 0. The molecule has 1 heterocycles. The van der Waals surface area contributed by atoms with Gasteiger partial charge in [-0.05, 0) is 48.6 Å². The molecule has 1 aromatic rings. The molecule has 0 saturated carbocycles. The first kappa shape index (κ1) is 12.9. The Morgan fingerprint density at radius 1 is 1.06 bits per heavy atom. The van der Waals surface area contributed by atoms with Crippen LogP contribution in [0.3, 0.4) is 0 Å². The molecule has 0 unspecified atom stereocenters. The van der Waals surface area contributed by atoms with E-state index in [4.69, 9.17) is 0 Å². The third-order valence-electron chi connectivity index (χ3n) is 3.54. The summed E-state index contributed by atoms with van der Waals surface area (Å²) in [6, 6.07) is 4.54. The average Bonchev–Trinajstić information content (AvgIpc) is 2.88. The number of benzene rings is 1. The van der Waals surface area contributed by atoms with E-state index in [1.165, 1.54) is 42.4 Å². The fraction of sp³-hybridized carbons (Fsp3) is 0.412. The summed E-state index contributed by atoms with van der Waals surface area (Å²) in [7, 11) is 0. The van der Waals surface area contributed by atoms with Crippen LogP contribution in [0.25, 0.3) is 5.70 Å². The first-order valence-electron chi connectivity index (χ1n) is 6.97. The van der Waals surface area contributed by atoms with E-state index in [-0.39, 0.29) is 0 Å². The summed E-state index contributed by atoms with van der Waals surface area (Å²) in [4.78, 5) is 0. The lowest BCUT2D eigenvalue weighted by Crippen LogP contribution is -2.03. The summed E-state index contributed by atoms with van der Waals surface area (Å²) < 4.78 is 0. The molecule has 0 bridgehead atoms. The molecule has 18 heavy (non-hydrogen) atoms. The predicted molar refractivity (Wildman–Crippen MR) is 78.4 cm³/mol. The van der Waals surface area contributed by atoms with Gasteiger partial charge >= 0.3 is 0 Å². The summed E-state index contributed by atoms with van der Waals surface area (Å²) in [6.07, 6.45) is 10.8. The van der Waals surface area contributed by atoms with E-state index in [1.807, 2.05) is 12.3 Å². The van der Waals surface area contributed by atoms with E-state index in [0.717, 1.165) is 5.70 Å². The van der Waals surface area contributed by atoms with Crippen molar-refractivity contribution in [3.05, 3.63) is 52.7 Å². The molecule has 0 N–H and O–H groups in total. The van der Waals surface area contributed by atoms with Gasteiger partial charge in [0.25, 0.3) is 0 Å². The second-order valence-corrected chi connectivity index (χ2v) is 4.90. The van der Waals surface area contributed by atoms with Crippen LogP contribution in [-0.2, 0) is 12.8 Å². The molecule has 1 aliphatic heterocycles. The molecule has 1 aromatic carbocycles. The predicted octanol–water partition coefficient (Wildman–Crippen LogP) is 4.37. The van der Waals surface area contributed by atoms with Gasteiger partial charge in [-0.25, -0.2) is 0 Å². The quantitative estimate of drug-likeness (QED) is 0.725. The van der Waals surface area contributed by atoms with Gasteiger partial charge in [-0.3, -0.25) is 5.32 Å². The van der Waals surface area contributed by atoms with E-state index in [0.29, 0.717) is 0 Å². The Hall–Kier alpha value is -1.50. The molecule has 1 aliphatic rings. The molecule has 2 rings (SSSR count). The summed E-state index contributed by atoms with van der Waals surface area (Å²) >= 11 is 0. The molecule has 0 saturated heterocycles. The lowest BCUT2D eigenvalue weighted by atomic mass is 9.90. The van der Waals surface area contributed by atoms with E-state index in [1.54, 1.807) is 5.56 Å². The molecule has 0 spiro atoms. The van der Waals surface area contributed by atoms with E-state index < -0.39 is 0 Å². The van der Waals surface area contributed by atoms with Crippen LogP contribution in [0.2, 0.25) is 0 Å². The van der Waals surface area contributed by atoms with E-state index >= 15 is 0 Å². The average molecular weight is 240 g/mol. The lowest BCUT2D eigenvalue weighted by molar-refractivity contribution is 0.852. The van der Waals surface area contributed by atoms with Crippen molar-refractivity contribution < 1.29 is 0 Å². The number of nitrogens with zero attached hydrogens (tertiary/aromatic N) is 1. The topological polar surface area (TPSA) is 14.1 Å². The Morgan fingerprint density at radius 3 is 2.44 bits per heavy atom. The molecule has 95 valence electrons. The van der Waals surface area contributed by atoms with Crippen LogP contribution >= 0.6 is 0 Å². The van der Waals surface area contributed by atoms with Crippen molar-refractivity contribution in [1.82, 2.24) is 5.32 Å². The smallest absolute Gasteiger partial charge is 0.0705 e. The molecule has 0 aromatic heterocycles. The van der Waals surface area contributed by atoms with Crippen molar-refractivity contribution in [1.29, 1.82) is 0 Å². The Balaban J connectivity index is 2.41. The first-order valence-corrected chi connectivity index (χ1v) is 6.97. The maximum absolute atomic E-state index is 4.42. The third kappa shape index (κ3) is 2.50. The minimum Gasteiger partial charge on any atom is -0.256 e. The van der Waals surface area contributed by atoms with E-state index in [2.05, 4.69) is 44.3 Å². The van der Waals surface area contributed by atoms with Gasteiger partial charge in [-0.2, -0.15) is 0 Å². The van der Waals surface area contributed by atoms with Crippen LogP contribution in [0, 0.1) is 6.92 Å². The van der Waals surface area contributed by atoms with Crippen molar-refractivity contribution in [3.63, 3.8) is 0 Å². The van der Waals surface area contributed by atoms with Gasteiger partial charge in [-0.1, -0.05) is 38.8 Å². The Morgan fingerprint density at radius 2 is 1.83 bits per heavy atom. The minimum absolute atomic E-state index is 1.10. The van der Waals surface area contributed by atoms with Gasteiger partial charge in [-0.15, -0.1) is 0 Å². The lowest BCUT2D eigenvalue weighted by Gasteiger charge is -2.16. The molecule has 1 radical (unpaired) electrons. The largest absolute Gasteiger partial charge is 0.256 e. The van der Waals surface area contributed by atoms with Crippen LogP contribution < -0.4 is 5.32 Å². The van der Waals surface area contributed by atoms with Gasteiger partial charge in [0.15, 0.2) is 0 Å². The highest BCUT2D eigenvalue weighted by molar-refractivity contribution is 5.72. The van der Waals surface area contributed by atoms with Gasteiger partial charge in [0.05, 0.1) is 5.70 Å². The van der Waals surface area contributed by atoms with Crippen LogP contribution in [0.5, 0.6) is 0 Å². The normalized spacial score (nSPS) is 13.6. The molecule has 0 fully saturated rings. The second-order valence-electron chi connectivity index (χ2n) is 4.90. The number of aryl methyl sites for hydroxylation is 1. The molecular weight excluding hydrogens is 218 g/mol. The zero-order chi connectivity index (χ0) is 13.0. The summed E-state index contributed by atoms with van der Waals surface area (Å²) in [5, 5.41) is 4.42. The van der Waals surface area contributed by atoms with Crippen molar-refractivity contribution >= 4 is 5.70 Å². The van der Waals surface area contributed by atoms with Gasteiger partial charge in [0, 0.05) is 11.8 Å². The highest BCUT2D eigenvalue weighted by Gasteiger charge is 2.13. The molecular formula is C17H22N. The molecule has 0 atom stereocenters. The maximum atomic E-state index is 4.42. The molecule has 1 heteroatoms. The Labute approximate surface area is 111 Å². The Kier molecular flexibility index (Phi) is 4.24. The van der Waals surface area contributed by atoms with Crippen LogP contribution in [0.1, 0.15) is 48.9 Å². The molecule has 0 amide bonds. The highest BCUT2D eigenvalue weighted by atomic mass is 14.9. The SMILES string of the molecule is CCCc1ccc(C2=CC=C[N]2)c(C)c1CCC. The summed E-state index contributed by atoms with van der Waals surface area (Å²) in [5.74, 6) is 0. The minimum atomic E-state index is 1.10. The number of allylic oxidation sites excluding steroid dienone is 2. The van der Waals surface area contributed by atoms with Crippen molar-refractivity contribution in [2.75, 3.05) is 0 Å². The van der Waals surface area contributed by atoms with Crippen molar-refractivity contribution in [2.24, 2.45) is 0 Å². The maximum Gasteiger partial charge on any atom is 0.0705 e. The zero-order valence-electron chi connectivity index (χ0n) is 11.7. The standard InChI is InChI=1S/C17H22N/c1-4-7-14-10-11-16(17-9-6-12-18-17)13(3)15(14)8-5-2/h6,9-12H,4-5,7-8H2,1-3H3. The molecule has 0 aliphatic carbocycles. The number of hydrogen-bond donors (Lipinski definition) is 0. The van der Waals surface area contributed by atoms with Gasteiger partial charge in [0.1, 0.15) is 0 Å². The molecule has 1 nitrogen and oxygen atoms in total. The summed E-state index contributed by atoms with van der Waals surface area (Å²) in [5.41, 5.74) is 6.88. The fourth-order valence-electron chi connectivity index (χ4n) is 2.65. The number of rotatable bonds is 5. The van der Waals surface area contributed by atoms with Gasteiger partial charge in [0.2, 0.25) is 0 Å².